The summed E-state index contributed by atoms with van der Waals surface area (Å²) in [5.74, 6) is 0.923. The molecule has 2 atom stereocenters. The minimum absolute atomic E-state index is 0.782. The van der Waals surface area contributed by atoms with Gasteiger partial charge in [-0.1, -0.05) is 0 Å². The Balaban J connectivity index is 1.36. The Labute approximate surface area is 112 Å². The van der Waals surface area contributed by atoms with E-state index in [0.717, 1.165) is 18.0 Å². The van der Waals surface area contributed by atoms with Gasteiger partial charge in [0.2, 0.25) is 0 Å². The average Bonchev–Trinajstić information content (AvgIpc) is 3.14. The second-order valence-electron chi connectivity index (χ2n) is 6.72. The maximum Gasteiger partial charge on any atom is 0.00965 e. The van der Waals surface area contributed by atoms with Gasteiger partial charge < -0.3 is 15.1 Å². The largest absolute Gasteiger partial charge is 0.314 e. The Kier molecular flexibility index (Phi) is 4.22. The minimum Gasteiger partial charge on any atom is -0.314 e. The third-order valence-electron chi connectivity index (χ3n) is 5.03. The molecular formula is C15H29N3. The van der Waals surface area contributed by atoms with E-state index in [9.17, 15) is 0 Å². The molecule has 0 bridgehead atoms. The summed E-state index contributed by atoms with van der Waals surface area (Å²) in [6, 6.07) is 1.76. The van der Waals surface area contributed by atoms with Gasteiger partial charge in [-0.25, -0.2) is 0 Å². The molecule has 18 heavy (non-hydrogen) atoms. The topological polar surface area (TPSA) is 18.5 Å². The highest BCUT2D eigenvalue weighted by molar-refractivity contribution is 4.90. The molecule has 0 amide bonds. The molecule has 0 aromatic carbocycles. The van der Waals surface area contributed by atoms with Crippen molar-refractivity contribution in [3.05, 3.63) is 0 Å². The van der Waals surface area contributed by atoms with E-state index in [1.807, 2.05) is 0 Å². The molecule has 1 aliphatic carbocycles. The molecule has 1 N–H and O–H groups in total. The predicted octanol–water partition coefficient (Wildman–Crippen LogP) is 1.54. The van der Waals surface area contributed by atoms with Crippen molar-refractivity contribution in [3.63, 3.8) is 0 Å². The fraction of sp³-hybridized carbons (Fsp3) is 1.00. The molecule has 3 aliphatic rings. The van der Waals surface area contributed by atoms with E-state index in [2.05, 4.69) is 22.2 Å². The first kappa shape index (κ1) is 12.9. The highest BCUT2D eigenvalue weighted by Crippen LogP contribution is 2.31. The van der Waals surface area contributed by atoms with Crippen LogP contribution < -0.4 is 5.32 Å². The maximum atomic E-state index is 3.85. The molecule has 104 valence electrons. The number of nitrogens with zero attached hydrogens (tertiary/aromatic N) is 2. The predicted molar refractivity (Wildman–Crippen MR) is 75.8 cm³/mol. The van der Waals surface area contributed by atoms with Gasteiger partial charge in [0.15, 0.2) is 0 Å². The number of hydrogen-bond acceptors (Lipinski definition) is 3. The summed E-state index contributed by atoms with van der Waals surface area (Å²) in [6.45, 7) is 6.56. The van der Waals surface area contributed by atoms with E-state index in [1.54, 1.807) is 0 Å². The lowest BCUT2D eigenvalue weighted by atomic mass is 10.1. The van der Waals surface area contributed by atoms with Crippen molar-refractivity contribution >= 4 is 0 Å². The number of rotatable bonds is 4. The first-order valence-electron chi connectivity index (χ1n) is 7.97. The second-order valence-corrected chi connectivity index (χ2v) is 6.72. The molecule has 2 unspecified atom stereocenters. The first-order valence-corrected chi connectivity index (χ1v) is 7.97. The molecule has 3 rings (SSSR count). The Morgan fingerprint density at radius 1 is 1.00 bits per heavy atom. The van der Waals surface area contributed by atoms with E-state index in [4.69, 9.17) is 0 Å². The summed E-state index contributed by atoms with van der Waals surface area (Å²) in [7, 11) is 2.26. The highest BCUT2D eigenvalue weighted by Gasteiger charge is 2.34. The van der Waals surface area contributed by atoms with Crippen LogP contribution in [0.25, 0.3) is 0 Å². The van der Waals surface area contributed by atoms with Crippen LogP contribution in [0.2, 0.25) is 0 Å². The second kappa shape index (κ2) is 5.89. The zero-order valence-corrected chi connectivity index (χ0v) is 11.9. The van der Waals surface area contributed by atoms with Crippen LogP contribution in [0.1, 0.15) is 38.5 Å². The van der Waals surface area contributed by atoms with E-state index in [0.29, 0.717) is 0 Å². The molecule has 2 heterocycles. The van der Waals surface area contributed by atoms with Crippen LogP contribution in [-0.4, -0.2) is 61.7 Å². The van der Waals surface area contributed by atoms with Crippen molar-refractivity contribution in [2.75, 3.05) is 39.8 Å². The number of nitrogens with one attached hydrogen (secondary N) is 1. The van der Waals surface area contributed by atoms with Gasteiger partial charge in [0.1, 0.15) is 0 Å². The lowest BCUT2D eigenvalue weighted by Gasteiger charge is -2.20. The van der Waals surface area contributed by atoms with Gasteiger partial charge in [-0.05, 0) is 77.7 Å². The van der Waals surface area contributed by atoms with Gasteiger partial charge in [0.25, 0.3) is 0 Å². The van der Waals surface area contributed by atoms with Crippen molar-refractivity contribution in [2.24, 2.45) is 5.92 Å². The molecule has 2 saturated heterocycles. The monoisotopic (exact) mass is 251 g/mol. The van der Waals surface area contributed by atoms with Crippen LogP contribution in [0, 0.1) is 5.92 Å². The highest BCUT2D eigenvalue weighted by atomic mass is 15.2. The lowest BCUT2D eigenvalue weighted by molar-refractivity contribution is 0.306. The SMILES string of the molecule is CN1CCCC(NCC2CCN(C3CC3)C2)CC1. The molecule has 2 aliphatic heterocycles. The molecule has 0 radical (unpaired) electrons. The molecule has 3 heteroatoms. The smallest absolute Gasteiger partial charge is 0.00965 e. The third kappa shape index (κ3) is 3.46. The summed E-state index contributed by atoms with van der Waals surface area (Å²) in [6.07, 6.45) is 8.45. The fourth-order valence-electron chi connectivity index (χ4n) is 3.58. The Morgan fingerprint density at radius 3 is 2.72 bits per heavy atom. The Hall–Kier alpha value is -0.120. The summed E-state index contributed by atoms with van der Waals surface area (Å²) in [5, 5.41) is 3.85. The maximum absolute atomic E-state index is 3.85. The van der Waals surface area contributed by atoms with Crippen LogP contribution in [0.15, 0.2) is 0 Å². The van der Waals surface area contributed by atoms with E-state index >= 15 is 0 Å². The number of likely N-dealkylation sites (tertiary alicyclic amines) is 2. The molecule has 0 aromatic rings. The molecule has 1 saturated carbocycles. The van der Waals surface area contributed by atoms with E-state index in [-0.39, 0.29) is 0 Å². The van der Waals surface area contributed by atoms with Crippen molar-refractivity contribution in [3.8, 4) is 0 Å². The summed E-state index contributed by atoms with van der Waals surface area (Å²) in [4.78, 5) is 5.21. The Bertz CT molecular complexity index is 264. The van der Waals surface area contributed by atoms with Crippen molar-refractivity contribution in [1.29, 1.82) is 0 Å². The zero-order valence-electron chi connectivity index (χ0n) is 11.9. The zero-order chi connectivity index (χ0) is 12.4. The van der Waals surface area contributed by atoms with Crippen LogP contribution in [-0.2, 0) is 0 Å². The van der Waals surface area contributed by atoms with Gasteiger partial charge in [-0.3, -0.25) is 0 Å². The minimum atomic E-state index is 0.782. The van der Waals surface area contributed by atoms with Gasteiger partial charge in [-0.2, -0.15) is 0 Å². The van der Waals surface area contributed by atoms with Gasteiger partial charge in [-0.15, -0.1) is 0 Å². The third-order valence-corrected chi connectivity index (χ3v) is 5.03. The first-order chi connectivity index (χ1) is 8.81. The van der Waals surface area contributed by atoms with Crippen molar-refractivity contribution in [1.82, 2.24) is 15.1 Å². The van der Waals surface area contributed by atoms with Gasteiger partial charge in [0.05, 0.1) is 0 Å². The van der Waals surface area contributed by atoms with Crippen LogP contribution in [0.5, 0.6) is 0 Å². The Morgan fingerprint density at radius 2 is 1.89 bits per heavy atom. The fourth-order valence-corrected chi connectivity index (χ4v) is 3.58. The molecule has 3 nitrogen and oxygen atoms in total. The standard InChI is InChI=1S/C15H29N3/c1-17-8-2-3-14(7-9-17)16-11-13-6-10-18(12-13)15-4-5-15/h13-16H,2-12H2,1H3. The van der Waals surface area contributed by atoms with Crippen molar-refractivity contribution in [2.45, 2.75) is 50.6 Å². The van der Waals surface area contributed by atoms with Gasteiger partial charge >= 0.3 is 0 Å². The van der Waals surface area contributed by atoms with Crippen LogP contribution in [0.3, 0.4) is 0 Å². The summed E-state index contributed by atoms with van der Waals surface area (Å²) in [5.41, 5.74) is 0. The lowest BCUT2D eigenvalue weighted by Crippen LogP contribution is -2.35. The molecule has 0 spiro atoms. The van der Waals surface area contributed by atoms with E-state index < -0.39 is 0 Å². The molecular weight excluding hydrogens is 222 g/mol. The van der Waals surface area contributed by atoms with Crippen LogP contribution in [0.4, 0.5) is 0 Å². The molecule has 3 fully saturated rings. The van der Waals surface area contributed by atoms with Gasteiger partial charge in [0, 0.05) is 18.6 Å². The van der Waals surface area contributed by atoms with Crippen LogP contribution >= 0.6 is 0 Å². The quantitative estimate of drug-likeness (QED) is 0.818. The average molecular weight is 251 g/mol. The molecule has 0 aromatic heterocycles. The number of hydrogen-bond donors (Lipinski definition) is 1. The normalized spacial score (nSPS) is 35.8. The summed E-state index contributed by atoms with van der Waals surface area (Å²) < 4.78 is 0. The summed E-state index contributed by atoms with van der Waals surface area (Å²) >= 11 is 0. The van der Waals surface area contributed by atoms with E-state index in [1.165, 1.54) is 71.2 Å². The van der Waals surface area contributed by atoms with Crippen molar-refractivity contribution < 1.29 is 0 Å².